The highest BCUT2D eigenvalue weighted by Crippen LogP contribution is 2.19. The third-order valence-electron chi connectivity index (χ3n) is 2.33. The van der Waals surface area contributed by atoms with Crippen molar-refractivity contribution in [3.05, 3.63) is 35.2 Å². The van der Waals surface area contributed by atoms with E-state index >= 15 is 0 Å². The molecule has 2 N–H and O–H groups in total. The first-order chi connectivity index (χ1) is 7.67. The number of aliphatic hydroxyl groups excluding tert-OH is 1. The second-order valence-corrected chi connectivity index (χ2v) is 3.53. The Hall–Kier alpha value is -1.42. The predicted molar refractivity (Wildman–Crippen MR) is 60.4 cm³/mol. The van der Waals surface area contributed by atoms with Gasteiger partial charge in [-0.05, 0) is 31.1 Å². The number of hydrogen-bond acceptors (Lipinski definition) is 2. The third kappa shape index (κ3) is 3.62. The topological polar surface area (TPSA) is 49.3 Å². The zero-order valence-corrected chi connectivity index (χ0v) is 9.29. The molecule has 0 fully saturated rings. The summed E-state index contributed by atoms with van der Waals surface area (Å²) in [6.07, 6.45) is 5.71. The molecule has 4 heteroatoms. The van der Waals surface area contributed by atoms with Crippen LogP contribution >= 0.6 is 0 Å². The number of rotatable bonds is 4. The van der Waals surface area contributed by atoms with Crippen molar-refractivity contribution < 1.29 is 14.3 Å². The molecule has 0 unspecified atom stereocenters. The van der Waals surface area contributed by atoms with Gasteiger partial charge in [-0.25, -0.2) is 4.39 Å². The number of allylic oxidation sites excluding steroid dienone is 4. The summed E-state index contributed by atoms with van der Waals surface area (Å²) in [5, 5.41) is 11.1. The SMILES string of the molecule is CCC1=CC(C(=O)NCCO)=CC(F)=CC1. The largest absolute Gasteiger partial charge is 0.395 e. The number of carbonyl (C=O) groups excluding carboxylic acids is 1. The first kappa shape index (κ1) is 12.6. The van der Waals surface area contributed by atoms with E-state index in [-0.39, 0.29) is 19.1 Å². The Balaban J connectivity index is 2.82. The molecule has 0 saturated carbocycles. The van der Waals surface area contributed by atoms with Gasteiger partial charge in [0.05, 0.1) is 6.61 Å². The van der Waals surface area contributed by atoms with Crippen LogP contribution < -0.4 is 5.32 Å². The number of amides is 1. The molecule has 1 aliphatic carbocycles. The van der Waals surface area contributed by atoms with Gasteiger partial charge in [-0.15, -0.1) is 0 Å². The van der Waals surface area contributed by atoms with E-state index in [1.165, 1.54) is 12.2 Å². The van der Waals surface area contributed by atoms with Crippen LogP contribution in [0, 0.1) is 0 Å². The average Bonchev–Trinajstić information content (AvgIpc) is 2.47. The summed E-state index contributed by atoms with van der Waals surface area (Å²) < 4.78 is 13.2. The Morgan fingerprint density at radius 2 is 2.31 bits per heavy atom. The fourth-order valence-corrected chi connectivity index (χ4v) is 1.41. The second kappa shape index (κ2) is 6.23. The van der Waals surface area contributed by atoms with Gasteiger partial charge in [0, 0.05) is 12.1 Å². The van der Waals surface area contributed by atoms with E-state index in [4.69, 9.17) is 5.11 Å². The summed E-state index contributed by atoms with van der Waals surface area (Å²) >= 11 is 0. The summed E-state index contributed by atoms with van der Waals surface area (Å²) in [6, 6.07) is 0. The maximum Gasteiger partial charge on any atom is 0.251 e. The van der Waals surface area contributed by atoms with E-state index in [1.54, 1.807) is 6.08 Å². The van der Waals surface area contributed by atoms with Crippen LogP contribution in [-0.4, -0.2) is 24.2 Å². The molecule has 3 nitrogen and oxygen atoms in total. The second-order valence-electron chi connectivity index (χ2n) is 3.53. The maximum absolute atomic E-state index is 13.2. The first-order valence-electron chi connectivity index (χ1n) is 5.33. The van der Waals surface area contributed by atoms with E-state index in [0.717, 1.165) is 12.0 Å². The minimum Gasteiger partial charge on any atom is -0.395 e. The summed E-state index contributed by atoms with van der Waals surface area (Å²) in [6.45, 7) is 2.02. The van der Waals surface area contributed by atoms with Crippen LogP contribution in [0.1, 0.15) is 19.8 Å². The van der Waals surface area contributed by atoms with Gasteiger partial charge in [-0.1, -0.05) is 12.5 Å². The Labute approximate surface area is 94.4 Å². The molecule has 0 aromatic rings. The van der Waals surface area contributed by atoms with E-state index in [1.807, 2.05) is 6.92 Å². The van der Waals surface area contributed by atoms with Crippen molar-refractivity contribution in [3.8, 4) is 0 Å². The van der Waals surface area contributed by atoms with E-state index in [2.05, 4.69) is 5.32 Å². The zero-order chi connectivity index (χ0) is 12.0. The molecule has 16 heavy (non-hydrogen) atoms. The summed E-state index contributed by atoms with van der Waals surface area (Å²) in [4.78, 5) is 11.6. The van der Waals surface area contributed by atoms with Gasteiger partial charge < -0.3 is 10.4 Å². The Morgan fingerprint density at radius 3 is 2.94 bits per heavy atom. The van der Waals surface area contributed by atoms with Crippen molar-refractivity contribution in [2.45, 2.75) is 19.8 Å². The molecule has 0 radical (unpaired) electrons. The highest BCUT2D eigenvalue weighted by Gasteiger charge is 2.10. The molecule has 1 rings (SSSR count). The molecular formula is C12H16FNO2. The summed E-state index contributed by atoms with van der Waals surface area (Å²) in [7, 11) is 0. The number of halogens is 1. The molecule has 0 aliphatic heterocycles. The first-order valence-corrected chi connectivity index (χ1v) is 5.33. The molecule has 0 atom stereocenters. The van der Waals surface area contributed by atoms with Gasteiger partial charge in [0.25, 0.3) is 5.91 Å². The smallest absolute Gasteiger partial charge is 0.251 e. The third-order valence-corrected chi connectivity index (χ3v) is 2.33. The van der Waals surface area contributed by atoms with Gasteiger partial charge in [-0.3, -0.25) is 4.79 Å². The molecule has 0 aromatic carbocycles. The van der Waals surface area contributed by atoms with E-state index in [9.17, 15) is 9.18 Å². The van der Waals surface area contributed by atoms with Gasteiger partial charge in [0.2, 0.25) is 0 Å². The lowest BCUT2D eigenvalue weighted by molar-refractivity contribution is -0.117. The predicted octanol–water partition coefficient (Wildman–Crippen LogP) is 1.61. The lowest BCUT2D eigenvalue weighted by atomic mass is 10.1. The summed E-state index contributed by atoms with van der Waals surface area (Å²) in [5.74, 6) is -0.751. The monoisotopic (exact) mass is 225 g/mol. The quantitative estimate of drug-likeness (QED) is 0.763. The van der Waals surface area contributed by atoms with Crippen molar-refractivity contribution in [3.63, 3.8) is 0 Å². The van der Waals surface area contributed by atoms with Crippen LogP contribution in [0.4, 0.5) is 4.39 Å². The molecule has 1 amide bonds. The Morgan fingerprint density at radius 1 is 1.56 bits per heavy atom. The fraction of sp³-hybridized carbons (Fsp3) is 0.417. The molecule has 0 spiro atoms. The molecule has 0 saturated heterocycles. The van der Waals surface area contributed by atoms with Crippen molar-refractivity contribution in [2.75, 3.05) is 13.2 Å². The van der Waals surface area contributed by atoms with Crippen LogP contribution in [0.5, 0.6) is 0 Å². The number of aliphatic hydroxyl groups is 1. The molecule has 0 aromatic heterocycles. The Kier molecular flexibility index (Phi) is 4.92. The van der Waals surface area contributed by atoms with Crippen LogP contribution in [0.25, 0.3) is 0 Å². The van der Waals surface area contributed by atoms with Crippen LogP contribution in [0.15, 0.2) is 35.2 Å². The zero-order valence-electron chi connectivity index (χ0n) is 9.29. The molecule has 0 bridgehead atoms. The average molecular weight is 225 g/mol. The van der Waals surface area contributed by atoms with Crippen molar-refractivity contribution >= 4 is 5.91 Å². The Bertz CT molecular complexity index is 356. The minimum atomic E-state index is -0.395. The van der Waals surface area contributed by atoms with Crippen molar-refractivity contribution in [1.82, 2.24) is 5.32 Å². The van der Waals surface area contributed by atoms with Gasteiger partial charge in [0.1, 0.15) is 5.83 Å². The van der Waals surface area contributed by atoms with Crippen LogP contribution in [-0.2, 0) is 4.79 Å². The lowest BCUT2D eigenvalue weighted by Crippen LogP contribution is -2.27. The standard InChI is InChI=1S/C12H16FNO2/c1-2-9-3-4-11(13)8-10(7-9)12(16)14-5-6-15/h4,7-8,15H,2-3,5-6H2,1H3,(H,14,16). The number of hydrogen-bond donors (Lipinski definition) is 2. The van der Waals surface area contributed by atoms with Gasteiger partial charge >= 0.3 is 0 Å². The number of carbonyl (C=O) groups is 1. The fourth-order valence-electron chi connectivity index (χ4n) is 1.41. The van der Waals surface area contributed by atoms with Gasteiger partial charge in [0.15, 0.2) is 0 Å². The molecule has 1 aliphatic rings. The summed E-state index contributed by atoms with van der Waals surface area (Å²) in [5.41, 5.74) is 1.31. The lowest BCUT2D eigenvalue weighted by Gasteiger charge is -2.04. The van der Waals surface area contributed by atoms with Crippen molar-refractivity contribution in [1.29, 1.82) is 0 Å². The highest BCUT2D eigenvalue weighted by molar-refractivity contribution is 5.96. The normalized spacial score (nSPS) is 15.8. The number of nitrogens with one attached hydrogen (secondary N) is 1. The maximum atomic E-state index is 13.2. The van der Waals surface area contributed by atoms with Crippen LogP contribution in [0.3, 0.4) is 0 Å². The minimum absolute atomic E-state index is 0.123. The molecule has 88 valence electrons. The van der Waals surface area contributed by atoms with E-state index < -0.39 is 5.83 Å². The van der Waals surface area contributed by atoms with E-state index in [0.29, 0.717) is 12.0 Å². The highest BCUT2D eigenvalue weighted by atomic mass is 19.1. The van der Waals surface area contributed by atoms with Crippen molar-refractivity contribution in [2.24, 2.45) is 0 Å². The van der Waals surface area contributed by atoms with Gasteiger partial charge in [-0.2, -0.15) is 0 Å². The molecular weight excluding hydrogens is 209 g/mol. The van der Waals surface area contributed by atoms with Crippen LogP contribution in [0.2, 0.25) is 0 Å². The molecule has 0 heterocycles.